The summed E-state index contributed by atoms with van der Waals surface area (Å²) in [5.74, 6) is 0.0808. The molecule has 0 saturated carbocycles. The summed E-state index contributed by atoms with van der Waals surface area (Å²) in [6.07, 6.45) is 0.803. The first-order chi connectivity index (χ1) is 9.93. The SMILES string of the molecule is COC1CN(C(=O)c2cc([N+](=O)[O-])ccc2Cl)CCC1C. The maximum absolute atomic E-state index is 12.5. The van der Waals surface area contributed by atoms with Crippen LogP contribution in [0.3, 0.4) is 0 Å². The molecular formula is C14H17ClN2O4. The van der Waals surface area contributed by atoms with Gasteiger partial charge in [0, 0.05) is 32.3 Å². The number of nitrogens with zero attached hydrogens (tertiary/aromatic N) is 2. The molecule has 2 atom stereocenters. The molecule has 1 aromatic carbocycles. The highest BCUT2D eigenvalue weighted by Gasteiger charge is 2.30. The van der Waals surface area contributed by atoms with E-state index in [1.165, 1.54) is 18.2 Å². The van der Waals surface area contributed by atoms with Gasteiger partial charge in [-0.05, 0) is 18.4 Å². The molecule has 114 valence electrons. The third-order valence-corrected chi connectivity index (χ3v) is 4.20. The van der Waals surface area contributed by atoms with Crippen molar-refractivity contribution >= 4 is 23.2 Å². The first kappa shape index (κ1) is 15.7. The van der Waals surface area contributed by atoms with Gasteiger partial charge in [0.1, 0.15) is 0 Å². The number of hydrogen-bond donors (Lipinski definition) is 0. The number of rotatable bonds is 3. The van der Waals surface area contributed by atoms with E-state index >= 15 is 0 Å². The van der Waals surface area contributed by atoms with Crippen LogP contribution in [0.5, 0.6) is 0 Å². The fourth-order valence-electron chi connectivity index (χ4n) is 2.49. The molecule has 7 heteroatoms. The smallest absolute Gasteiger partial charge is 0.270 e. The second-order valence-electron chi connectivity index (χ2n) is 5.21. The van der Waals surface area contributed by atoms with Crippen molar-refractivity contribution in [1.82, 2.24) is 4.90 Å². The Balaban J connectivity index is 2.24. The summed E-state index contributed by atoms with van der Waals surface area (Å²) in [6, 6.07) is 3.90. The van der Waals surface area contributed by atoms with Crippen LogP contribution in [0.25, 0.3) is 0 Å². The first-order valence-electron chi connectivity index (χ1n) is 6.70. The molecule has 1 fully saturated rings. The number of carbonyl (C=O) groups is 1. The minimum atomic E-state index is -0.538. The van der Waals surface area contributed by atoms with E-state index < -0.39 is 4.92 Å². The number of ether oxygens (including phenoxy) is 1. The number of halogens is 1. The number of hydrogen-bond acceptors (Lipinski definition) is 4. The molecule has 0 radical (unpaired) electrons. The van der Waals surface area contributed by atoms with Gasteiger partial charge in [-0.25, -0.2) is 0 Å². The van der Waals surface area contributed by atoms with E-state index in [9.17, 15) is 14.9 Å². The fraction of sp³-hybridized carbons (Fsp3) is 0.500. The number of nitro benzene ring substituents is 1. The van der Waals surface area contributed by atoms with Crippen molar-refractivity contribution in [3.8, 4) is 0 Å². The quantitative estimate of drug-likeness (QED) is 0.635. The zero-order chi connectivity index (χ0) is 15.6. The molecule has 0 N–H and O–H groups in total. The van der Waals surface area contributed by atoms with Crippen LogP contribution >= 0.6 is 11.6 Å². The van der Waals surface area contributed by atoms with Crippen molar-refractivity contribution in [2.24, 2.45) is 5.92 Å². The lowest BCUT2D eigenvalue weighted by Gasteiger charge is -2.36. The molecule has 21 heavy (non-hydrogen) atoms. The maximum atomic E-state index is 12.5. The highest BCUT2D eigenvalue weighted by Crippen LogP contribution is 2.26. The van der Waals surface area contributed by atoms with E-state index in [1.54, 1.807) is 12.0 Å². The van der Waals surface area contributed by atoms with Gasteiger partial charge in [-0.1, -0.05) is 18.5 Å². The Morgan fingerprint density at radius 3 is 2.86 bits per heavy atom. The average Bonchev–Trinajstić information content (AvgIpc) is 2.47. The van der Waals surface area contributed by atoms with E-state index in [0.29, 0.717) is 19.0 Å². The summed E-state index contributed by atoms with van der Waals surface area (Å²) in [5, 5.41) is 11.0. The molecule has 1 saturated heterocycles. The predicted molar refractivity (Wildman–Crippen MR) is 78.6 cm³/mol. The standard InChI is InChI=1S/C14H17ClN2O4/c1-9-5-6-16(8-13(9)21-2)14(18)11-7-10(17(19)20)3-4-12(11)15/h3-4,7,9,13H,5-6,8H2,1-2H3. The average molecular weight is 313 g/mol. The van der Waals surface area contributed by atoms with Gasteiger partial charge in [-0.2, -0.15) is 0 Å². The van der Waals surface area contributed by atoms with Crippen molar-refractivity contribution in [1.29, 1.82) is 0 Å². The molecule has 0 aromatic heterocycles. The Kier molecular flexibility index (Phi) is 4.80. The number of likely N-dealkylation sites (tertiary alicyclic amines) is 1. The maximum Gasteiger partial charge on any atom is 0.270 e. The largest absolute Gasteiger partial charge is 0.379 e. The van der Waals surface area contributed by atoms with Crippen LogP contribution in [0, 0.1) is 16.0 Å². The zero-order valence-corrected chi connectivity index (χ0v) is 12.7. The van der Waals surface area contributed by atoms with Crippen molar-refractivity contribution in [2.45, 2.75) is 19.4 Å². The van der Waals surface area contributed by atoms with Gasteiger partial charge in [0.05, 0.1) is 21.6 Å². The highest BCUT2D eigenvalue weighted by atomic mass is 35.5. The molecule has 1 aromatic rings. The Hall–Kier alpha value is -1.66. The second-order valence-corrected chi connectivity index (χ2v) is 5.62. The normalized spacial score (nSPS) is 22.1. The van der Waals surface area contributed by atoms with Crippen molar-refractivity contribution < 1.29 is 14.5 Å². The molecule has 2 rings (SSSR count). The lowest BCUT2D eigenvalue weighted by Crippen LogP contribution is -2.46. The number of benzene rings is 1. The molecule has 6 nitrogen and oxygen atoms in total. The number of methoxy groups -OCH3 is 1. The van der Waals surface area contributed by atoms with E-state index in [2.05, 4.69) is 6.92 Å². The molecule has 0 aliphatic carbocycles. The Bertz CT molecular complexity index is 564. The third kappa shape index (κ3) is 3.33. The summed E-state index contributed by atoms with van der Waals surface area (Å²) >= 11 is 6.01. The molecule has 1 aliphatic heterocycles. The summed E-state index contributed by atoms with van der Waals surface area (Å²) in [6.45, 7) is 3.14. The van der Waals surface area contributed by atoms with Gasteiger partial charge < -0.3 is 9.64 Å². The number of nitro groups is 1. The zero-order valence-electron chi connectivity index (χ0n) is 11.9. The Morgan fingerprint density at radius 2 is 2.24 bits per heavy atom. The Morgan fingerprint density at radius 1 is 1.52 bits per heavy atom. The van der Waals surface area contributed by atoms with Gasteiger partial charge >= 0.3 is 0 Å². The number of amides is 1. The van der Waals surface area contributed by atoms with E-state index in [1.807, 2.05) is 0 Å². The molecule has 2 unspecified atom stereocenters. The highest BCUT2D eigenvalue weighted by molar-refractivity contribution is 6.33. The van der Waals surface area contributed by atoms with Crippen LogP contribution < -0.4 is 0 Å². The molecular weight excluding hydrogens is 296 g/mol. The van der Waals surface area contributed by atoms with E-state index in [0.717, 1.165) is 6.42 Å². The number of piperidine rings is 1. The molecule has 0 spiro atoms. The van der Waals surface area contributed by atoms with Crippen LogP contribution in [0.15, 0.2) is 18.2 Å². The summed E-state index contributed by atoms with van der Waals surface area (Å²) < 4.78 is 5.38. The molecule has 1 amide bonds. The molecule has 1 aliphatic rings. The second kappa shape index (κ2) is 6.41. The number of carbonyl (C=O) groups excluding carboxylic acids is 1. The van der Waals surface area contributed by atoms with Gasteiger partial charge in [0.15, 0.2) is 0 Å². The van der Waals surface area contributed by atoms with Gasteiger partial charge in [0.25, 0.3) is 11.6 Å². The van der Waals surface area contributed by atoms with Crippen LogP contribution in [0.2, 0.25) is 5.02 Å². The Labute approximate surface area is 127 Å². The first-order valence-corrected chi connectivity index (χ1v) is 7.08. The van der Waals surface area contributed by atoms with Crippen molar-refractivity contribution in [2.75, 3.05) is 20.2 Å². The summed E-state index contributed by atoms with van der Waals surface area (Å²) in [7, 11) is 1.62. The number of non-ortho nitro benzene ring substituents is 1. The van der Waals surface area contributed by atoms with Gasteiger partial charge in [-0.15, -0.1) is 0 Å². The monoisotopic (exact) mass is 312 g/mol. The van der Waals surface area contributed by atoms with E-state index in [-0.39, 0.29) is 28.3 Å². The topological polar surface area (TPSA) is 72.7 Å². The third-order valence-electron chi connectivity index (χ3n) is 3.87. The van der Waals surface area contributed by atoms with Crippen LogP contribution in [-0.2, 0) is 4.74 Å². The van der Waals surface area contributed by atoms with Crippen LogP contribution in [0.1, 0.15) is 23.7 Å². The fourth-order valence-corrected chi connectivity index (χ4v) is 2.68. The van der Waals surface area contributed by atoms with Crippen LogP contribution in [0.4, 0.5) is 5.69 Å². The summed E-state index contributed by atoms with van der Waals surface area (Å²) in [5.41, 5.74) is 0.0201. The lowest BCUT2D eigenvalue weighted by atomic mass is 9.95. The minimum absolute atomic E-state index is 0.0276. The molecule has 1 heterocycles. The molecule has 0 bridgehead atoms. The van der Waals surface area contributed by atoms with Gasteiger partial charge in [0.2, 0.25) is 0 Å². The predicted octanol–water partition coefficient (Wildman–Crippen LogP) is 2.75. The summed E-state index contributed by atoms with van der Waals surface area (Å²) in [4.78, 5) is 24.4. The van der Waals surface area contributed by atoms with Crippen LogP contribution in [-0.4, -0.2) is 42.0 Å². The van der Waals surface area contributed by atoms with E-state index in [4.69, 9.17) is 16.3 Å². The lowest BCUT2D eigenvalue weighted by molar-refractivity contribution is -0.384. The van der Waals surface area contributed by atoms with Crippen molar-refractivity contribution in [3.05, 3.63) is 38.9 Å². The van der Waals surface area contributed by atoms with Crippen molar-refractivity contribution in [3.63, 3.8) is 0 Å². The van der Waals surface area contributed by atoms with Gasteiger partial charge in [-0.3, -0.25) is 14.9 Å². The minimum Gasteiger partial charge on any atom is -0.379 e.